The molecule has 1 aliphatic rings. The van der Waals surface area contributed by atoms with Crippen LogP contribution in [0, 0.1) is 0 Å². The molecule has 0 unspecified atom stereocenters. The molecule has 1 fully saturated rings. The lowest BCUT2D eigenvalue weighted by atomic mass is 9.94. The molecule has 0 radical (unpaired) electrons. The normalized spacial score (nSPS) is 15.2. The van der Waals surface area contributed by atoms with Crippen LogP contribution in [-0.2, 0) is 41.8 Å². The van der Waals surface area contributed by atoms with Crippen molar-refractivity contribution in [1.82, 2.24) is 0 Å². The van der Waals surface area contributed by atoms with Crippen molar-refractivity contribution >= 4 is 11.9 Å². The zero-order chi connectivity index (χ0) is 37.8. The van der Waals surface area contributed by atoms with Gasteiger partial charge >= 0.3 is 11.9 Å². The first-order valence-electron chi connectivity index (χ1n) is 19.0. The van der Waals surface area contributed by atoms with Gasteiger partial charge in [0, 0.05) is 12.2 Å². The van der Waals surface area contributed by atoms with E-state index in [2.05, 4.69) is 86.0 Å². The fraction of sp³-hybridized carbons (Fsp3) is 0.348. The summed E-state index contributed by atoms with van der Waals surface area (Å²) >= 11 is 0. The number of ether oxygens (including phenoxy) is 6. The molecule has 8 heteroatoms. The first-order valence-corrected chi connectivity index (χ1v) is 19.0. The third-order valence-electron chi connectivity index (χ3n) is 9.29. The molecule has 1 aliphatic carbocycles. The van der Waals surface area contributed by atoms with Crippen LogP contribution in [0.1, 0.15) is 62.5 Å². The molecule has 8 nitrogen and oxygen atoms in total. The molecule has 0 aliphatic heterocycles. The quantitative estimate of drug-likeness (QED) is 0.0448. The predicted molar refractivity (Wildman–Crippen MR) is 211 cm³/mol. The fourth-order valence-corrected chi connectivity index (χ4v) is 6.18. The van der Waals surface area contributed by atoms with Crippen molar-refractivity contribution < 1.29 is 38.0 Å². The summed E-state index contributed by atoms with van der Waals surface area (Å²) in [7, 11) is 0. The van der Waals surface area contributed by atoms with E-state index in [4.69, 9.17) is 28.4 Å². The first kappa shape index (κ1) is 40.0. The van der Waals surface area contributed by atoms with Crippen molar-refractivity contribution in [2.75, 3.05) is 26.4 Å². The zero-order valence-corrected chi connectivity index (χ0v) is 31.1. The third kappa shape index (κ3) is 13.3. The number of hydrogen-bond acceptors (Lipinski definition) is 8. The van der Waals surface area contributed by atoms with Crippen LogP contribution in [0.25, 0.3) is 22.3 Å². The Hall–Kier alpha value is -5.18. The Bertz CT molecular complexity index is 1600. The summed E-state index contributed by atoms with van der Waals surface area (Å²) in [4.78, 5) is 22.2. The van der Waals surface area contributed by atoms with Crippen LogP contribution in [0.3, 0.4) is 0 Å². The monoisotopic (exact) mass is 732 g/mol. The minimum atomic E-state index is -0.394. The molecular weight excluding hydrogens is 680 g/mol. The van der Waals surface area contributed by atoms with Gasteiger partial charge in [0.25, 0.3) is 0 Å². The van der Waals surface area contributed by atoms with Gasteiger partial charge in [-0.3, -0.25) is 0 Å². The molecule has 0 bridgehead atoms. The second-order valence-electron chi connectivity index (χ2n) is 13.3. The van der Waals surface area contributed by atoms with E-state index in [1.54, 1.807) is 0 Å². The first-order chi connectivity index (χ1) is 26.5. The highest BCUT2D eigenvalue weighted by Crippen LogP contribution is 2.28. The van der Waals surface area contributed by atoms with Crippen molar-refractivity contribution in [1.29, 1.82) is 0 Å². The Labute approximate surface area is 319 Å². The van der Waals surface area contributed by atoms with Crippen molar-refractivity contribution in [3.05, 3.63) is 133 Å². The van der Waals surface area contributed by atoms with Crippen LogP contribution in [0.5, 0.6) is 11.5 Å². The lowest BCUT2D eigenvalue weighted by Gasteiger charge is -2.31. The number of benzene rings is 4. The third-order valence-corrected chi connectivity index (χ3v) is 9.29. The fourth-order valence-electron chi connectivity index (χ4n) is 6.18. The van der Waals surface area contributed by atoms with Gasteiger partial charge in [0.15, 0.2) is 0 Å². The molecule has 0 N–H and O–H groups in total. The predicted octanol–water partition coefficient (Wildman–Crippen LogP) is 9.84. The van der Waals surface area contributed by atoms with Gasteiger partial charge in [-0.05, 0) is 96.2 Å². The summed E-state index contributed by atoms with van der Waals surface area (Å²) < 4.78 is 34.6. The molecule has 0 aromatic heterocycles. The van der Waals surface area contributed by atoms with Crippen molar-refractivity contribution in [3.63, 3.8) is 0 Å². The molecule has 0 spiro atoms. The van der Waals surface area contributed by atoms with E-state index in [-0.39, 0.29) is 12.2 Å². The van der Waals surface area contributed by atoms with E-state index < -0.39 is 11.9 Å². The molecule has 284 valence electrons. The van der Waals surface area contributed by atoms with Crippen LogP contribution in [-0.4, -0.2) is 50.6 Å². The van der Waals surface area contributed by atoms with Crippen molar-refractivity contribution in [2.24, 2.45) is 0 Å². The molecular formula is C46H52O8. The summed E-state index contributed by atoms with van der Waals surface area (Å²) in [5.41, 5.74) is 6.80. The van der Waals surface area contributed by atoms with Gasteiger partial charge in [-0.1, -0.05) is 98.8 Å². The number of rotatable bonds is 22. The van der Waals surface area contributed by atoms with Crippen LogP contribution in [0.15, 0.2) is 122 Å². The summed E-state index contributed by atoms with van der Waals surface area (Å²) in [6.07, 6.45) is 9.89. The maximum absolute atomic E-state index is 11.1. The smallest absolute Gasteiger partial charge is 0.330 e. The summed E-state index contributed by atoms with van der Waals surface area (Å²) in [5, 5.41) is 0. The zero-order valence-electron chi connectivity index (χ0n) is 31.1. The van der Waals surface area contributed by atoms with E-state index in [1.165, 1.54) is 12.2 Å². The molecule has 1 saturated carbocycles. The van der Waals surface area contributed by atoms with Crippen LogP contribution in [0.2, 0.25) is 0 Å². The van der Waals surface area contributed by atoms with Crippen molar-refractivity contribution in [2.45, 2.75) is 76.8 Å². The minimum Gasteiger partial charge on any atom is -0.494 e. The maximum Gasteiger partial charge on any atom is 0.330 e. The Balaban J connectivity index is 1.01. The SMILES string of the molecule is C=CC(=O)OCCCCOc1ccc(-c2ccc(CO[C@@H]3CCCC[C@H]3OCc3ccc(-c4ccc(OCCCCOC(=O)C=C)cc4)cc3)cc2)cc1. The average molecular weight is 733 g/mol. The van der Waals surface area contributed by atoms with Crippen molar-refractivity contribution in [3.8, 4) is 33.8 Å². The maximum atomic E-state index is 11.1. The molecule has 4 aromatic rings. The highest BCUT2D eigenvalue weighted by Gasteiger charge is 2.26. The van der Waals surface area contributed by atoms with E-state index in [1.807, 2.05) is 24.3 Å². The molecule has 5 rings (SSSR count). The largest absolute Gasteiger partial charge is 0.494 e. The van der Waals surface area contributed by atoms with Crippen LogP contribution in [0.4, 0.5) is 0 Å². The Morgan fingerprint density at radius 3 is 1.19 bits per heavy atom. The number of hydrogen-bond donors (Lipinski definition) is 0. The Morgan fingerprint density at radius 2 is 0.833 bits per heavy atom. The second-order valence-corrected chi connectivity index (χ2v) is 13.3. The van der Waals surface area contributed by atoms with Gasteiger partial charge in [-0.15, -0.1) is 0 Å². The number of esters is 2. The average Bonchev–Trinajstić information content (AvgIpc) is 3.22. The van der Waals surface area contributed by atoms with Gasteiger partial charge in [0.1, 0.15) is 11.5 Å². The number of carbonyl (C=O) groups is 2. The standard InChI is InChI=1S/C46H52O8/c1-3-45(47)51-31-9-7-29-49-41-25-21-39(22-26-41)37-17-13-35(14-18-37)33-53-43-11-5-6-12-44(43)54-34-36-15-19-38(20-16-36)40-23-27-42(28-24-40)50-30-8-10-32-52-46(48)4-2/h3-4,13-28,43-44H,1-2,5-12,29-34H2/t43-,44-/m1/s1. The lowest BCUT2D eigenvalue weighted by Crippen LogP contribution is -2.34. The highest BCUT2D eigenvalue weighted by atomic mass is 16.5. The second kappa shape index (κ2) is 22.1. The Morgan fingerprint density at radius 1 is 0.500 bits per heavy atom. The number of unbranched alkanes of at least 4 members (excludes halogenated alkanes) is 2. The van der Waals surface area contributed by atoms with Gasteiger partial charge < -0.3 is 28.4 Å². The van der Waals surface area contributed by atoms with E-state index >= 15 is 0 Å². The van der Waals surface area contributed by atoms with Gasteiger partial charge in [0.2, 0.25) is 0 Å². The molecule has 2 atom stereocenters. The summed E-state index contributed by atoms with van der Waals surface area (Å²) in [6, 6.07) is 33.3. The van der Waals surface area contributed by atoms with E-state index in [9.17, 15) is 9.59 Å². The summed E-state index contributed by atoms with van der Waals surface area (Å²) in [5.74, 6) is 0.846. The molecule has 0 heterocycles. The van der Waals surface area contributed by atoms with E-state index in [0.717, 1.165) is 96.2 Å². The highest BCUT2D eigenvalue weighted by molar-refractivity contribution is 5.81. The van der Waals surface area contributed by atoms with Gasteiger partial charge in [0.05, 0.1) is 51.8 Å². The van der Waals surface area contributed by atoms with Crippen LogP contribution < -0.4 is 9.47 Å². The molecule has 54 heavy (non-hydrogen) atoms. The topological polar surface area (TPSA) is 89.5 Å². The van der Waals surface area contributed by atoms with E-state index in [0.29, 0.717) is 39.6 Å². The summed E-state index contributed by atoms with van der Waals surface area (Å²) in [6.45, 7) is 9.77. The minimum absolute atomic E-state index is 0.0722. The van der Waals surface area contributed by atoms with Gasteiger partial charge in [-0.25, -0.2) is 9.59 Å². The van der Waals surface area contributed by atoms with Gasteiger partial charge in [-0.2, -0.15) is 0 Å². The Kier molecular flexibility index (Phi) is 16.4. The molecule has 0 amide bonds. The lowest BCUT2D eigenvalue weighted by molar-refractivity contribution is -0.138. The number of carbonyl (C=O) groups excluding carboxylic acids is 2. The molecule has 4 aromatic carbocycles. The molecule has 0 saturated heterocycles. The van der Waals surface area contributed by atoms with Crippen LogP contribution >= 0.6 is 0 Å².